The smallest absolute Gasteiger partial charge is 0.300 e. The van der Waals surface area contributed by atoms with E-state index < -0.39 is 35.1 Å². The zero-order valence-electron chi connectivity index (χ0n) is 16.3. The van der Waals surface area contributed by atoms with E-state index in [9.17, 15) is 23.5 Å². The molecule has 1 amide bonds. The molecule has 0 spiro atoms. The van der Waals surface area contributed by atoms with E-state index in [1.807, 2.05) is 0 Å². The molecule has 1 N–H and O–H groups in total. The van der Waals surface area contributed by atoms with Crippen LogP contribution in [0.4, 0.5) is 14.5 Å². The Morgan fingerprint density at radius 2 is 1.88 bits per heavy atom. The van der Waals surface area contributed by atoms with Crippen molar-refractivity contribution >= 4 is 23.1 Å². The van der Waals surface area contributed by atoms with E-state index in [-0.39, 0.29) is 23.6 Å². The highest BCUT2D eigenvalue weighted by atomic mass is 19.1. The maximum absolute atomic E-state index is 14.6. The largest absolute Gasteiger partial charge is 0.507 e. The lowest BCUT2D eigenvalue weighted by Gasteiger charge is -2.25. The fourth-order valence-corrected chi connectivity index (χ4v) is 3.81. The van der Waals surface area contributed by atoms with Gasteiger partial charge in [0.05, 0.1) is 17.3 Å². The van der Waals surface area contributed by atoms with Crippen LogP contribution in [0.3, 0.4) is 0 Å². The molecule has 1 unspecified atom stereocenters. The first-order valence-electron chi connectivity index (χ1n) is 9.51. The van der Waals surface area contributed by atoms with Gasteiger partial charge in [0.1, 0.15) is 17.4 Å². The summed E-state index contributed by atoms with van der Waals surface area (Å²) in [6.45, 7) is 0.0173. The van der Waals surface area contributed by atoms with Crippen LogP contribution in [0.1, 0.15) is 17.2 Å². The molecule has 1 atom stereocenters. The molecule has 1 aromatic heterocycles. The molecular weight excluding hydrogens is 422 g/mol. The minimum atomic E-state index is -1.19. The fraction of sp³-hybridized carbons (Fsp3) is 0.0870. The number of Topliss-reactive ketones (excluding diaryl/α,β-unsaturated/α-hetero) is 1. The lowest BCUT2D eigenvalue weighted by atomic mass is 9.96. The lowest BCUT2D eigenvalue weighted by Crippen LogP contribution is -2.30. The van der Waals surface area contributed by atoms with Crippen molar-refractivity contribution < 1.29 is 33.0 Å². The Kier molecular flexibility index (Phi) is 4.58. The molecule has 0 bridgehead atoms. The second-order valence-electron chi connectivity index (χ2n) is 7.12. The summed E-state index contributed by atoms with van der Waals surface area (Å²) in [4.78, 5) is 30.9. The Hall–Kier alpha value is -4.27. The van der Waals surface area contributed by atoms with Crippen molar-refractivity contribution in [3.05, 3.63) is 89.3 Å². The van der Waals surface area contributed by atoms with Gasteiger partial charge in [-0.25, -0.2) is 8.78 Å². The number of aliphatic hydroxyl groups excluding tert-OH is 1. The first-order valence-corrected chi connectivity index (χ1v) is 9.51. The second kappa shape index (κ2) is 7.45. The third-order valence-electron chi connectivity index (χ3n) is 5.26. The predicted molar refractivity (Wildman–Crippen MR) is 108 cm³/mol. The van der Waals surface area contributed by atoms with Crippen molar-refractivity contribution in [1.29, 1.82) is 0 Å². The topological polar surface area (TPSA) is 89.0 Å². The van der Waals surface area contributed by atoms with Crippen LogP contribution in [0.5, 0.6) is 11.5 Å². The number of benzene rings is 2. The van der Waals surface area contributed by atoms with Gasteiger partial charge in [0.2, 0.25) is 6.79 Å². The molecule has 32 heavy (non-hydrogen) atoms. The Morgan fingerprint density at radius 3 is 2.62 bits per heavy atom. The Bertz CT molecular complexity index is 1290. The summed E-state index contributed by atoms with van der Waals surface area (Å²) in [6.07, 6.45) is 2.89. The third-order valence-corrected chi connectivity index (χ3v) is 5.26. The van der Waals surface area contributed by atoms with E-state index in [1.54, 1.807) is 18.2 Å². The quantitative estimate of drug-likeness (QED) is 0.383. The molecule has 3 heterocycles. The average Bonchev–Trinajstić information content (AvgIpc) is 3.36. The van der Waals surface area contributed by atoms with Gasteiger partial charge in [0.25, 0.3) is 11.7 Å². The average molecular weight is 436 g/mol. The molecule has 0 saturated carbocycles. The highest BCUT2D eigenvalue weighted by Crippen LogP contribution is 2.43. The molecule has 7 nitrogen and oxygen atoms in total. The minimum Gasteiger partial charge on any atom is -0.507 e. The molecule has 5 rings (SSSR count). The minimum absolute atomic E-state index is 0.0173. The van der Waals surface area contributed by atoms with Crippen LogP contribution in [-0.4, -0.2) is 28.6 Å². The van der Waals surface area contributed by atoms with E-state index in [0.29, 0.717) is 23.1 Å². The predicted octanol–water partition coefficient (Wildman–Crippen LogP) is 3.71. The van der Waals surface area contributed by atoms with Gasteiger partial charge in [0, 0.05) is 24.0 Å². The monoisotopic (exact) mass is 436 g/mol. The number of nitrogens with zero attached hydrogens (tertiary/aromatic N) is 2. The SMILES string of the molecule is O=C1C(=O)N(c2ccc(F)cc2F)C(c2cccnc2)/C1=C(/O)c1ccc2c(c1)OCO2. The van der Waals surface area contributed by atoms with Gasteiger partial charge < -0.3 is 14.6 Å². The number of fused-ring (bicyclic) bond motifs is 1. The highest BCUT2D eigenvalue weighted by molar-refractivity contribution is 6.51. The summed E-state index contributed by atoms with van der Waals surface area (Å²) in [5, 5.41) is 11.1. The summed E-state index contributed by atoms with van der Waals surface area (Å²) in [5.74, 6) is -3.57. The number of carbonyl (C=O) groups is 2. The van der Waals surface area contributed by atoms with Crippen LogP contribution in [0.25, 0.3) is 5.76 Å². The molecule has 1 saturated heterocycles. The summed E-state index contributed by atoms with van der Waals surface area (Å²) in [7, 11) is 0. The van der Waals surface area contributed by atoms with Gasteiger partial charge in [-0.1, -0.05) is 6.07 Å². The number of aromatic nitrogens is 1. The van der Waals surface area contributed by atoms with E-state index in [4.69, 9.17) is 9.47 Å². The van der Waals surface area contributed by atoms with Crippen molar-refractivity contribution in [1.82, 2.24) is 4.98 Å². The van der Waals surface area contributed by atoms with Crippen LogP contribution in [-0.2, 0) is 9.59 Å². The number of halogens is 2. The molecule has 1 fully saturated rings. The molecule has 2 aromatic carbocycles. The first kappa shape index (κ1) is 19.7. The van der Waals surface area contributed by atoms with E-state index >= 15 is 0 Å². The zero-order chi connectivity index (χ0) is 22.4. The van der Waals surface area contributed by atoms with E-state index in [1.165, 1.54) is 24.5 Å². The Balaban J connectivity index is 1.71. The molecule has 0 aliphatic carbocycles. The second-order valence-corrected chi connectivity index (χ2v) is 7.12. The summed E-state index contributed by atoms with van der Waals surface area (Å²) in [5.41, 5.74) is 0.0103. The van der Waals surface area contributed by atoms with Crippen LogP contribution in [0, 0.1) is 11.6 Å². The number of hydrogen-bond donors (Lipinski definition) is 1. The maximum Gasteiger partial charge on any atom is 0.300 e. The number of ether oxygens (including phenoxy) is 2. The first-order chi connectivity index (χ1) is 15.5. The number of amides is 1. The highest BCUT2D eigenvalue weighted by Gasteiger charge is 2.48. The van der Waals surface area contributed by atoms with Gasteiger partial charge in [-0.2, -0.15) is 0 Å². The number of pyridine rings is 1. The number of hydrogen-bond acceptors (Lipinski definition) is 6. The molecule has 3 aromatic rings. The standard InChI is InChI=1S/C23H14F2N2O5/c24-14-4-5-16(15(25)9-14)27-20(13-2-1-7-26-10-13)19(22(29)23(27)30)21(28)12-3-6-17-18(8-12)32-11-31-17/h1-10,20,28H,11H2/b21-19-. The zero-order valence-corrected chi connectivity index (χ0v) is 16.3. The number of anilines is 1. The van der Waals surface area contributed by atoms with Crippen molar-refractivity contribution in [3.8, 4) is 11.5 Å². The number of carbonyl (C=O) groups excluding carboxylic acids is 2. The van der Waals surface area contributed by atoms with Gasteiger partial charge in [-0.15, -0.1) is 0 Å². The Labute approximate surface area is 180 Å². The van der Waals surface area contributed by atoms with Gasteiger partial charge in [-0.05, 0) is 42.0 Å². The van der Waals surface area contributed by atoms with Crippen molar-refractivity contribution in [2.24, 2.45) is 0 Å². The van der Waals surface area contributed by atoms with Crippen molar-refractivity contribution in [2.45, 2.75) is 6.04 Å². The van der Waals surface area contributed by atoms with Crippen molar-refractivity contribution in [2.75, 3.05) is 11.7 Å². The molecule has 9 heteroatoms. The summed E-state index contributed by atoms with van der Waals surface area (Å²) >= 11 is 0. The fourth-order valence-electron chi connectivity index (χ4n) is 3.81. The van der Waals surface area contributed by atoms with Crippen LogP contribution in [0.15, 0.2) is 66.5 Å². The normalized spacial score (nSPS) is 18.9. The molecular formula is C23H14F2N2O5. The van der Waals surface area contributed by atoms with Crippen LogP contribution >= 0.6 is 0 Å². The molecule has 160 valence electrons. The van der Waals surface area contributed by atoms with E-state index in [0.717, 1.165) is 17.0 Å². The molecule has 2 aliphatic rings. The van der Waals surface area contributed by atoms with Gasteiger partial charge in [0.15, 0.2) is 11.5 Å². The van der Waals surface area contributed by atoms with Crippen LogP contribution in [0.2, 0.25) is 0 Å². The summed E-state index contributed by atoms with van der Waals surface area (Å²) in [6, 6.07) is 9.20. The maximum atomic E-state index is 14.6. The summed E-state index contributed by atoms with van der Waals surface area (Å²) < 4.78 is 38.7. The number of ketones is 1. The van der Waals surface area contributed by atoms with E-state index in [2.05, 4.69) is 4.98 Å². The number of aliphatic hydroxyl groups is 1. The lowest BCUT2D eigenvalue weighted by molar-refractivity contribution is -0.132. The third kappa shape index (κ3) is 3.06. The van der Waals surface area contributed by atoms with Gasteiger partial charge in [-0.3, -0.25) is 19.5 Å². The molecule has 2 aliphatic heterocycles. The van der Waals surface area contributed by atoms with Gasteiger partial charge >= 0.3 is 0 Å². The number of rotatable bonds is 3. The van der Waals surface area contributed by atoms with Crippen molar-refractivity contribution in [3.63, 3.8) is 0 Å². The Morgan fingerprint density at radius 1 is 1.06 bits per heavy atom. The van der Waals surface area contributed by atoms with Crippen LogP contribution < -0.4 is 14.4 Å². The molecule has 0 radical (unpaired) electrons.